The topological polar surface area (TPSA) is 77.0 Å². The van der Waals surface area contributed by atoms with Gasteiger partial charge >= 0.3 is 5.69 Å². The van der Waals surface area contributed by atoms with Crippen LogP contribution in [0.5, 0.6) is 5.75 Å². The molecule has 6 nitrogen and oxygen atoms in total. The molecule has 32 heavy (non-hydrogen) atoms. The largest absolute Gasteiger partial charge is 0.497 e. The van der Waals surface area contributed by atoms with Crippen LogP contribution in [-0.2, 0) is 0 Å². The molecule has 0 aliphatic carbocycles. The van der Waals surface area contributed by atoms with Gasteiger partial charge in [-0.25, -0.2) is 13.8 Å². The number of fused-ring (bicyclic) bond motifs is 2. The van der Waals surface area contributed by atoms with Crippen LogP contribution in [0.4, 0.5) is 4.39 Å². The predicted molar refractivity (Wildman–Crippen MR) is 122 cm³/mol. The molecule has 8 heteroatoms. The molecular weight excluding hydrogens is 433 g/mol. The third kappa shape index (κ3) is 3.14. The number of hydrogen-bond acceptors (Lipinski definition) is 4. The Balaban J connectivity index is 1.74. The molecule has 0 unspecified atom stereocenters. The van der Waals surface area contributed by atoms with E-state index in [1.54, 1.807) is 30.5 Å². The van der Waals surface area contributed by atoms with Crippen molar-refractivity contribution in [1.82, 2.24) is 14.5 Å². The summed E-state index contributed by atoms with van der Waals surface area (Å²) in [5.74, 6) is -0.331. The van der Waals surface area contributed by atoms with Crippen LogP contribution in [0.2, 0.25) is 5.02 Å². The third-order valence-electron chi connectivity index (χ3n) is 5.33. The van der Waals surface area contributed by atoms with Gasteiger partial charge in [-0.2, -0.15) is 0 Å². The Bertz CT molecular complexity index is 1640. The van der Waals surface area contributed by atoms with Crippen molar-refractivity contribution in [3.05, 3.63) is 98.7 Å². The van der Waals surface area contributed by atoms with Gasteiger partial charge in [0.25, 0.3) is 5.56 Å². The number of pyridine rings is 1. The number of aromatic amines is 1. The fourth-order valence-corrected chi connectivity index (χ4v) is 3.99. The molecule has 0 spiro atoms. The molecule has 0 saturated heterocycles. The van der Waals surface area contributed by atoms with E-state index < -0.39 is 17.1 Å². The average Bonchev–Trinajstić information content (AvgIpc) is 2.80. The SMILES string of the molecule is COc1cc(F)c(Cl)c(-c2ccc3c(=O)n(-c4cncc5ccccc45)c(=O)[nH]c3c2)c1. The number of aromatic nitrogens is 3. The van der Waals surface area contributed by atoms with E-state index in [2.05, 4.69) is 9.97 Å². The standard InChI is InChI=1S/C24H15ClFN3O3/c1-32-15-9-18(22(25)19(26)10-15)13-6-7-17-20(8-13)28-24(31)29(23(17)30)21-12-27-11-14-4-2-3-5-16(14)21/h2-12H,1H3,(H,28,31). The van der Waals surface area contributed by atoms with Gasteiger partial charge in [-0.1, -0.05) is 41.9 Å². The summed E-state index contributed by atoms with van der Waals surface area (Å²) in [6.45, 7) is 0. The summed E-state index contributed by atoms with van der Waals surface area (Å²) < 4.78 is 20.4. The maximum atomic E-state index is 14.2. The molecule has 2 heterocycles. The van der Waals surface area contributed by atoms with Gasteiger partial charge in [-0.3, -0.25) is 9.78 Å². The van der Waals surface area contributed by atoms with Gasteiger partial charge in [-0.15, -0.1) is 0 Å². The van der Waals surface area contributed by atoms with Crippen LogP contribution in [0.25, 0.3) is 38.5 Å². The van der Waals surface area contributed by atoms with E-state index in [9.17, 15) is 14.0 Å². The second-order valence-corrected chi connectivity index (χ2v) is 7.56. The Kier molecular flexibility index (Phi) is 4.75. The van der Waals surface area contributed by atoms with E-state index in [4.69, 9.17) is 16.3 Å². The Hall–Kier alpha value is -3.97. The number of benzene rings is 3. The molecule has 2 aromatic heterocycles. The van der Waals surface area contributed by atoms with Crippen molar-refractivity contribution in [2.45, 2.75) is 0 Å². The molecule has 158 valence electrons. The summed E-state index contributed by atoms with van der Waals surface area (Å²) in [5.41, 5.74) is 0.505. The zero-order valence-corrected chi connectivity index (χ0v) is 17.5. The lowest BCUT2D eigenvalue weighted by molar-refractivity contribution is 0.411. The summed E-state index contributed by atoms with van der Waals surface area (Å²) >= 11 is 6.16. The lowest BCUT2D eigenvalue weighted by Gasteiger charge is -2.11. The second kappa shape index (κ2) is 7.62. The molecule has 5 aromatic rings. The maximum absolute atomic E-state index is 14.2. The fraction of sp³-hybridized carbons (Fsp3) is 0.0417. The van der Waals surface area contributed by atoms with Crippen LogP contribution in [0, 0.1) is 5.82 Å². The van der Waals surface area contributed by atoms with Crippen molar-refractivity contribution in [3.63, 3.8) is 0 Å². The van der Waals surface area contributed by atoms with Crippen molar-refractivity contribution in [2.24, 2.45) is 0 Å². The predicted octanol–water partition coefficient (Wildman–Crippen LogP) is 4.70. The van der Waals surface area contributed by atoms with Gasteiger partial charge < -0.3 is 9.72 Å². The molecule has 0 fully saturated rings. The van der Waals surface area contributed by atoms with Crippen LogP contribution >= 0.6 is 11.6 Å². The molecule has 0 atom stereocenters. The highest BCUT2D eigenvalue weighted by Gasteiger charge is 2.16. The number of hydrogen-bond donors (Lipinski definition) is 1. The molecule has 0 radical (unpaired) electrons. The van der Waals surface area contributed by atoms with Crippen LogP contribution in [0.15, 0.2) is 76.6 Å². The molecule has 5 rings (SSSR count). The molecule has 0 amide bonds. The number of halogens is 2. The minimum atomic E-state index is -0.631. The first-order valence-electron chi connectivity index (χ1n) is 9.63. The molecule has 0 saturated carbocycles. The molecule has 0 aliphatic rings. The first-order chi connectivity index (χ1) is 15.5. The van der Waals surface area contributed by atoms with Gasteiger partial charge in [0.05, 0.1) is 34.9 Å². The summed E-state index contributed by atoms with van der Waals surface area (Å²) in [7, 11) is 1.43. The van der Waals surface area contributed by atoms with Gasteiger partial charge in [0.15, 0.2) is 0 Å². The van der Waals surface area contributed by atoms with Crippen LogP contribution < -0.4 is 16.0 Å². The van der Waals surface area contributed by atoms with E-state index in [1.165, 1.54) is 19.4 Å². The molecule has 0 bridgehead atoms. The van der Waals surface area contributed by atoms with Gasteiger partial charge in [0, 0.05) is 28.6 Å². The zero-order valence-electron chi connectivity index (χ0n) is 16.7. The smallest absolute Gasteiger partial charge is 0.333 e. The highest BCUT2D eigenvalue weighted by atomic mass is 35.5. The number of rotatable bonds is 3. The van der Waals surface area contributed by atoms with Crippen LogP contribution in [0.3, 0.4) is 0 Å². The van der Waals surface area contributed by atoms with E-state index in [-0.39, 0.29) is 5.02 Å². The summed E-state index contributed by atoms with van der Waals surface area (Å²) in [5, 5.41) is 1.74. The summed E-state index contributed by atoms with van der Waals surface area (Å²) in [6.07, 6.45) is 3.15. The molecule has 0 aliphatic heterocycles. The Labute approximate surface area is 185 Å². The highest BCUT2D eigenvalue weighted by Crippen LogP contribution is 2.34. The Morgan fingerprint density at radius 1 is 1.03 bits per heavy atom. The average molecular weight is 448 g/mol. The van der Waals surface area contributed by atoms with E-state index in [1.807, 2.05) is 24.3 Å². The van der Waals surface area contributed by atoms with Crippen molar-refractivity contribution >= 4 is 33.3 Å². The number of methoxy groups -OCH3 is 1. The Morgan fingerprint density at radius 3 is 2.66 bits per heavy atom. The van der Waals surface area contributed by atoms with Gasteiger partial charge in [-0.05, 0) is 23.8 Å². The molecule has 1 N–H and O–H groups in total. The van der Waals surface area contributed by atoms with E-state index in [0.717, 1.165) is 15.3 Å². The Morgan fingerprint density at radius 2 is 1.84 bits per heavy atom. The van der Waals surface area contributed by atoms with Gasteiger partial charge in [0.1, 0.15) is 11.6 Å². The van der Waals surface area contributed by atoms with Crippen LogP contribution in [-0.4, -0.2) is 21.6 Å². The summed E-state index contributed by atoms with van der Waals surface area (Å²) in [4.78, 5) is 33.1. The van der Waals surface area contributed by atoms with Gasteiger partial charge in [0.2, 0.25) is 0 Å². The fourth-order valence-electron chi connectivity index (χ4n) is 3.78. The lowest BCUT2D eigenvalue weighted by Crippen LogP contribution is -2.33. The molecular formula is C24H15ClFN3O3. The normalized spacial score (nSPS) is 11.2. The highest BCUT2D eigenvalue weighted by molar-refractivity contribution is 6.33. The van der Waals surface area contributed by atoms with E-state index in [0.29, 0.717) is 33.5 Å². The number of nitrogens with zero attached hydrogens (tertiary/aromatic N) is 2. The molecule has 3 aromatic carbocycles. The van der Waals surface area contributed by atoms with E-state index >= 15 is 0 Å². The number of ether oxygens (including phenoxy) is 1. The zero-order chi connectivity index (χ0) is 22.4. The summed E-state index contributed by atoms with van der Waals surface area (Å²) in [6, 6.07) is 15.0. The lowest BCUT2D eigenvalue weighted by atomic mass is 10.0. The maximum Gasteiger partial charge on any atom is 0.333 e. The third-order valence-corrected chi connectivity index (χ3v) is 5.72. The first kappa shape index (κ1) is 20.0. The van der Waals surface area contributed by atoms with Crippen molar-refractivity contribution in [1.29, 1.82) is 0 Å². The second-order valence-electron chi connectivity index (χ2n) is 7.18. The first-order valence-corrected chi connectivity index (χ1v) is 10.0. The number of nitrogens with one attached hydrogen (secondary N) is 1. The van der Waals surface area contributed by atoms with Crippen molar-refractivity contribution in [2.75, 3.05) is 7.11 Å². The van der Waals surface area contributed by atoms with Crippen molar-refractivity contribution < 1.29 is 9.13 Å². The minimum Gasteiger partial charge on any atom is -0.497 e. The monoisotopic (exact) mass is 447 g/mol. The van der Waals surface area contributed by atoms with Crippen molar-refractivity contribution in [3.8, 4) is 22.6 Å². The minimum absolute atomic E-state index is 0.0809. The van der Waals surface area contributed by atoms with Crippen LogP contribution in [0.1, 0.15) is 0 Å². The number of H-pyrrole nitrogens is 1. The quantitative estimate of drug-likeness (QED) is 0.435.